The minimum Gasteiger partial charge on any atom is -0.395 e. The molecule has 94 valence electrons. The van der Waals surface area contributed by atoms with Crippen LogP contribution in [0.15, 0.2) is 24.3 Å². The number of likely N-dealkylation sites (N-methyl/N-ethyl adjacent to an activating group) is 1. The second-order valence-electron chi connectivity index (χ2n) is 4.15. The van der Waals surface area contributed by atoms with E-state index in [-0.39, 0.29) is 23.3 Å². The van der Waals surface area contributed by atoms with Gasteiger partial charge in [0.15, 0.2) is 0 Å². The Hall–Kier alpha value is -1.46. The second kappa shape index (κ2) is 6.32. The van der Waals surface area contributed by atoms with Crippen LogP contribution in [0.5, 0.6) is 0 Å². The summed E-state index contributed by atoms with van der Waals surface area (Å²) in [6.07, 6.45) is 0.609. The number of hydrogen-bond acceptors (Lipinski definition) is 4. The van der Waals surface area contributed by atoms with E-state index < -0.39 is 0 Å². The number of para-hydroxylation sites is 1. The summed E-state index contributed by atoms with van der Waals surface area (Å²) in [6, 6.07) is 6.83. The van der Waals surface area contributed by atoms with E-state index in [4.69, 9.17) is 5.11 Å². The molecule has 1 aromatic rings. The van der Waals surface area contributed by atoms with E-state index in [9.17, 15) is 10.1 Å². The maximum Gasteiger partial charge on any atom is 0.272 e. The zero-order valence-electron chi connectivity index (χ0n) is 10.2. The summed E-state index contributed by atoms with van der Waals surface area (Å²) in [6.45, 7) is 2.69. The summed E-state index contributed by atoms with van der Waals surface area (Å²) in [7, 11) is 1.90. The van der Waals surface area contributed by atoms with Crippen molar-refractivity contribution in [1.82, 2.24) is 4.90 Å². The average molecular weight is 238 g/mol. The van der Waals surface area contributed by atoms with E-state index in [0.29, 0.717) is 13.0 Å². The number of hydrogen-bond donors (Lipinski definition) is 1. The minimum atomic E-state index is -0.356. The third-order valence-corrected chi connectivity index (χ3v) is 2.94. The Labute approximate surface area is 101 Å². The van der Waals surface area contributed by atoms with Gasteiger partial charge in [0.25, 0.3) is 5.69 Å². The summed E-state index contributed by atoms with van der Waals surface area (Å²) >= 11 is 0. The highest BCUT2D eigenvalue weighted by atomic mass is 16.6. The van der Waals surface area contributed by atoms with E-state index in [0.717, 1.165) is 5.56 Å². The number of benzene rings is 1. The van der Waals surface area contributed by atoms with E-state index in [1.54, 1.807) is 18.2 Å². The molecular formula is C12H18N2O3. The fourth-order valence-corrected chi connectivity index (χ4v) is 1.56. The van der Waals surface area contributed by atoms with Crippen LogP contribution in [-0.4, -0.2) is 41.2 Å². The number of nitro groups is 1. The Morgan fingerprint density at radius 3 is 2.71 bits per heavy atom. The molecule has 1 atom stereocenters. The van der Waals surface area contributed by atoms with E-state index >= 15 is 0 Å². The predicted octanol–water partition coefficient (Wildman–Crippen LogP) is 1.45. The lowest BCUT2D eigenvalue weighted by Crippen LogP contribution is -2.33. The SMILES string of the molecule is CC(CO)N(C)CCc1ccccc1[N+](=O)[O-]. The van der Waals surface area contributed by atoms with Crippen molar-refractivity contribution in [2.45, 2.75) is 19.4 Å². The van der Waals surface area contributed by atoms with Gasteiger partial charge in [0.1, 0.15) is 0 Å². The molecule has 1 unspecified atom stereocenters. The van der Waals surface area contributed by atoms with Gasteiger partial charge in [-0.1, -0.05) is 18.2 Å². The highest BCUT2D eigenvalue weighted by Crippen LogP contribution is 2.18. The molecule has 1 aromatic carbocycles. The summed E-state index contributed by atoms with van der Waals surface area (Å²) in [5.41, 5.74) is 0.895. The van der Waals surface area contributed by atoms with Crippen molar-refractivity contribution in [2.24, 2.45) is 0 Å². The predicted molar refractivity (Wildman–Crippen MR) is 66.0 cm³/mol. The molecule has 0 saturated heterocycles. The molecule has 1 rings (SSSR count). The van der Waals surface area contributed by atoms with Crippen LogP contribution in [0.1, 0.15) is 12.5 Å². The molecule has 5 heteroatoms. The van der Waals surface area contributed by atoms with Crippen LogP contribution < -0.4 is 0 Å². The van der Waals surface area contributed by atoms with Crippen LogP contribution >= 0.6 is 0 Å². The molecule has 1 N–H and O–H groups in total. The normalized spacial score (nSPS) is 12.7. The van der Waals surface area contributed by atoms with Gasteiger partial charge < -0.3 is 10.0 Å². The summed E-state index contributed by atoms with van der Waals surface area (Å²) < 4.78 is 0. The highest BCUT2D eigenvalue weighted by Gasteiger charge is 2.14. The molecule has 0 spiro atoms. The number of nitrogens with zero attached hydrogens (tertiary/aromatic N) is 2. The van der Waals surface area contributed by atoms with Gasteiger partial charge in [0.05, 0.1) is 11.5 Å². The Kier molecular flexibility index (Phi) is 5.06. The van der Waals surface area contributed by atoms with Gasteiger partial charge in [-0.25, -0.2) is 0 Å². The van der Waals surface area contributed by atoms with Crippen molar-refractivity contribution in [3.8, 4) is 0 Å². The van der Waals surface area contributed by atoms with Crippen molar-refractivity contribution in [3.05, 3.63) is 39.9 Å². The van der Waals surface area contributed by atoms with Crippen LogP contribution in [0.25, 0.3) is 0 Å². The van der Waals surface area contributed by atoms with Crippen molar-refractivity contribution >= 4 is 5.69 Å². The van der Waals surface area contributed by atoms with Crippen molar-refractivity contribution in [2.75, 3.05) is 20.2 Å². The number of aliphatic hydroxyl groups is 1. The van der Waals surface area contributed by atoms with Crippen molar-refractivity contribution in [3.63, 3.8) is 0 Å². The molecule has 0 aliphatic heterocycles. The zero-order chi connectivity index (χ0) is 12.8. The lowest BCUT2D eigenvalue weighted by atomic mass is 10.1. The average Bonchev–Trinajstić information content (AvgIpc) is 2.35. The topological polar surface area (TPSA) is 66.6 Å². The number of rotatable bonds is 6. The maximum absolute atomic E-state index is 10.8. The van der Waals surface area contributed by atoms with Crippen LogP contribution in [0.3, 0.4) is 0 Å². The lowest BCUT2D eigenvalue weighted by Gasteiger charge is -2.22. The number of nitro benzene ring substituents is 1. The third-order valence-electron chi connectivity index (χ3n) is 2.94. The Morgan fingerprint density at radius 2 is 2.12 bits per heavy atom. The quantitative estimate of drug-likeness (QED) is 0.601. The van der Waals surface area contributed by atoms with E-state index in [2.05, 4.69) is 0 Å². The Morgan fingerprint density at radius 1 is 1.47 bits per heavy atom. The molecule has 0 saturated carbocycles. The molecular weight excluding hydrogens is 220 g/mol. The maximum atomic E-state index is 10.8. The first-order chi connectivity index (χ1) is 8.06. The lowest BCUT2D eigenvalue weighted by molar-refractivity contribution is -0.385. The van der Waals surface area contributed by atoms with Crippen LogP contribution in [-0.2, 0) is 6.42 Å². The van der Waals surface area contributed by atoms with Crippen molar-refractivity contribution < 1.29 is 10.0 Å². The van der Waals surface area contributed by atoms with Crippen LogP contribution in [0.2, 0.25) is 0 Å². The van der Waals surface area contributed by atoms with Gasteiger partial charge in [0, 0.05) is 24.2 Å². The van der Waals surface area contributed by atoms with Gasteiger partial charge >= 0.3 is 0 Å². The van der Waals surface area contributed by atoms with Gasteiger partial charge in [0.2, 0.25) is 0 Å². The summed E-state index contributed by atoms with van der Waals surface area (Å²) in [5.74, 6) is 0. The summed E-state index contributed by atoms with van der Waals surface area (Å²) in [4.78, 5) is 12.4. The van der Waals surface area contributed by atoms with Crippen LogP contribution in [0.4, 0.5) is 5.69 Å². The molecule has 17 heavy (non-hydrogen) atoms. The first-order valence-electron chi connectivity index (χ1n) is 5.59. The zero-order valence-corrected chi connectivity index (χ0v) is 10.2. The van der Waals surface area contributed by atoms with Crippen LogP contribution in [0, 0.1) is 10.1 Å². The third kappa shape index (κ3) is 3.80. The van der Waals surface area contributed by atoms with Gasteiger partial charge in [-0.05, 0) is 20.4 Å². The first kappa shape index (κ1) is 13.6. The van der Waals surface area contributed by atoms with Gasteiger partial charge in [-0.3, -0.25) is 10.1 Å². The molecule has 0 aromatic heterocycles. The molecule has 0 fully saturated rings. The second-order valence-corrected chi connectivity index (χ2v) is 4.15. The monoisotopic (exact) mass is 238 g/mol. The molecule has 0 radical (unpaired) electrons. The molecule has 0 aliphatic rings. The van der Waals surface area contributed by atoms with E-state index in [1.165, 1.54) is 6.07 Å². The number of aliphatic hydroxyl groups excluding tert-OH is 1. The van der Waals surface area contributed by atoms with Crippen molar-refractivity contribution in [1.29, 1.82) is 0 Å². The van der Waals surface area contributed by atoms with E-state index in [1.807, 2.05) is 18.9 Å². The first-order valence-corrected chi connectivity index (χ1v) is 5.59. The Balaban J connectivity index is 2.66. The highest BCUT2D eigenvalue weighted by molar-refractivity contribution is 5.39. The van der Waals surface area contributed by atoms with Gasteiger partial charge in [-0.15, -0.1) is 0 Å². The smallest absolute Gasteiger partial charge is 0.272 e. The molecule has 0 aliphatic carbocycles. The largest absolute Gasteiger partial charge is 0.395 e. The minimum absolute atomic E-state index is 0.0674. The molecule has 5 nitrogen and oxygen atoms in total. The standard InChI is InChI=1S/C12H18N2O3/c1-10(9-15)13(2)8-7-11-5-3-4-6-12(11)14(16)17/h3-6,10,15H,7-9H2,1-2H3. The Bertz CT molecular complexity index is 382. The summed E-state index contributed by atoms with van der Waals surface area (Å²) in [5, 5.41) is 19.8. The molecule has 0 heterocycles. The fraction of sp³-hybridized carbons (Fsp3) is 0.500. The molecule has 0 bridgehead atoms. The molecule has 0 amide bonds. The fourth-order valence-electron chi connectivity index (χ4n) is 1.56. The van der Waals surface area contributed by atoms with Gasteiger partial charge in [-0.2, -0.15) is 0 Å².